The average Bonchev–Trinajstić information content (AvgIpc) is 2.34. The lowest BCUT2D eigenvalue weighted by molar-refractivity contribution is -0.274. The van der Waals surface area contributed by atoms with Crippen molar-refractivity contribution in [2.75, 3.05) is 27.2 Å². The van der Waals surface area contributed by atoms with Crippen molar-refractivity contribution in [3.63, 3.8) is 0 Å². The van der Waals surface area contributed by atoms with Crippen molar-refractivity contribution in [2.45, 2.75) is 11.3 Å². The number of ether oxygens (including phenoxy) is 1. The van der Waals surface area contributed by atoms with Gasteiger partial charge in [-0.1, -0.05) is 6.07 Å². The summed E-state index contributed by atoms with van der Waals surface area (Å²) in [5.74, 6) is -0.569. The first-order valence-electron chi connectivity index (χ1n) is 5.63. The Bertz CT molecular complexity index is 546. The lowest BCUT2D eigenvalue weighted by atomic mass is 10.3. The Hall–Kier alpha value is -1.32. The van der Waals surface area contributed by atoms with Gasteiger partial charge in [0, 0.05) is 26.2 Å². The zero-order valence-electron chi connectivity index (χ0n) is 10.9. The van der Waals surface area contributed by atoms with Crippen molar-refractivity contribution < 1.29 is 26.3 Å². The fourth-order valence-corrected chi connectivity index (χ4v) is 2.61. The van der Waals surface area contributed by atoms with Gasteiger partial charge in [0.25, 0.3) is 0 Å². The van der Waals surface area contributed by atoms with Crippen LogP contribution in [0, 0.1) is 0 Å². The third-order valence-electron chi connectivity index (χ3n) is 2.42. The van der Waals surface area contributed by atoms with E-state index in [1.165, 1.54) is 19.2 Å². The Kier molecular flexibility index (Phi) is 5.37. The van der Waals surface area contributed by atoms with E-state index >= 15 is 0 Å². The standard InChI is InChI=1S/C11H15F3N2O3S/c1-15-6-7-16(2)20(17,18)10-5-3-4-9(8-10)19-11(12,13)14/h3-5,8,15H,6-7H2,1-2H3. The molecule has 5 nitrogen and oxygen atoms in total. The topological polar surface area (TPSA) is 58.6 Å². The van der Waals surface area contributed by atoms with Crippen LogP contribution in [0.15, 0.2) is 29.2 Å². The number of alkyl halides is 3. The molecule has 1 rings (SSSR count). The molecule has 0 radical (unpaired) electrons. The highest BCUT2D eigenvalue weighted by Gasteiger charge is 2.31. The number of benzene rings is 1. The highest BCUT2D eigenvalue weighted by molar-refractivity contribution is 7.89. The molecule has 0 aliphatic rings. The number of halogens is 3. The second-order valence-corrected chi connectivity index (χ2v) is 6.00. The Labute approximate surface area is 115 Å². The zero-order chi connectivity index (χ0) is 15.4. The minimum Gasteiger partial charge on any atom is -0.406 e. The molecule has 0 aliphatic carbocycles. The SMILES string of the molecule is CNCCN(C)S(=O)(=O)c1cccc(OC(F)(F)F)c1. The molecule has 0 saturated carbocycles. The molecule has 0 bridgehead atoms. The lowest BCUT2D eigenvalue weighted by Crippen LogP contribution is -2.32. The molecule has 114 valence electrons. The number of hydrogen-bond acceptors (Lipinski definition) is 4. The van der Waals surface area contributed by atoms with Crippen LogP contribution in [0.25, 0.3) is 0 Å². The van der Waals surface area contributed by atoms with E-state index in [1.54, 1.807) is 7.05 Å². The summed E-state index contributed by atoms with van der Waals surface area (Å²) in [6, 6.07) is 4.30. The summed E-state index contributed by atoms with van der Waals surface area (Å²) in [5, 5.41) is 2.79. The summed E-state index contributed by atoms with van der Waals surface area (Å²) in [5.41, 5.74) is 0. The van der Waals surface area contributed by atoms with Gasteiger partial charge in [0.05, 0.1) is 4.90 Å². The van der Waals surface area contributed by atoms with Crippen LogP contribution >= 0.6 is 0 Å². The van der Waals surface area contributed by atoms with Crippen LogP contribution in [-0.4, -0.2) is 46.3 Å². The highest BCUT2D eigenvalue weighted by Crippen LogP contribution is 2.25. The van der Waals surface area contributed by atoms with Crippen LogP contribution in [0.2, 0.25) is 0 Å². The van der Waals surface area contributed by atoms with Crippen LogP contribution in [0.5, 0.6) is 5.75 Å². The molecule has 0 aromatic heterocycles. The first-order chi connectivity index (χ1) is 9.16. The first-order valence-corrected chi connectivity index (χ1v) is 7.07. The Morgan fingerprint density at radius 2 is 2.00 bits per heavy atom. The minimum atomic E-state index is -4.86. The lowest BCUT2D eigenvalue weighted by Gasteiger charge is -2.17. The quantitative estimate of drug-likeness (QED) is 0.863. The van der Waals surface area contributed by atoms with E-state index in [0.29, 0.717) is 6.54 Å². The summed E-state index contributed by atoms with van der Waals surface area (Å²) < 4.78 is 65.3. The fraction of sp³-hybridized carbons (Fsp3) is 0.455. The predicted molar refractivity (Wildman–Crippen MR) is 66.9 cm³/mol. The molecule has 0 spiro atoms. The summed E-state index contributed by atoms with van der Waals surface area (Å²) >= 11 is 0. The largest absolute Gasteiger partial charge is 0.573 e. The van der Waals surface area contributed by atoms with Gasteiger partial charge in [0.2, 0.25) is 10.0 Å². The maximum atomic E-state index is 12.1. The van der Waals surface area contributed by atoms with E-state index in [-0.39, 0.29) is 11.4 Å². The zero-order valence-corrected chi connectivity index (χ0v) is 11.8. The van der Waals surface area contributed by atoms with Gasteiger partial charge < -0.3 is 10.1 Å². The molecule has 0 aliphatic heterocycles. The number of rotatable bonds is 6. The summed E-state index contributed by atoms with van der Waals surface area (Å²) in [6.45, 7) is 0.623. The maximum absolute atomic E-state index is 12.1. The van der Waals surface area contributed by atoms with Crippen molar-refractivity contribution in [2.24, 2.45) is 0 Å². The van der Waals surface area contributed by atoms with Crippen molar-refractivity contribution >= 4 is 10.0 Å². The van der Waals surface area contributed by atoms with Gasteiger partial charge in [-0.25, -0.2) is 8.42 Å². The van der Waals surface area contributed by atoms with Crippen molar-refractivity contribution in [1.29, 1.82) is 0 Å². The van der Waals surface area contributed by atoms with E-state index in [1.807, 2.05) is 0 Å². The van der Waals surface area contributed by atoms with Gasteiger partial charge in [-0.2, -0.15) is 4.31 Å². The van der Waals surface area contributed by atoms with Gasteiger partial charge in [0.15, 0.2) is 0 Å². The Balaban J connectivity index is 2.98. The van der Waals surface area contributed by atoms with Crippen LogP contribution < -0.4 is 10.1 Å². The molecule has 0 unspecified atom stereocenters. The molecule has 0 fully saturated rings. The molecule has 1 N–H and O–H groups in total. The monoisotopic (exact) mass is 312 g/mol. The molecule has 0 saturated heterocycles. The maximum Gasteiger partial charge on any atom is 0.573 e. The number of hydrogen-bond donors (Lipinski definition) is 1. The van der Waals surface area contributed by atoms with Gasteiger partial charge in [-0.05, 0) is 19.2 Å². The summed E-state index contributed by atoms with van der Waals surface area (Å²) in [6.07, 6.45) is -4.86. The minimum absolute atomic E-state index is 0.198. The highest BCUT2D eigenvalue weighted by atomic mass is 32.2. The smallest absolute Gasteiger partial charge is 0.406 e. The molecule has 1 aromatic rings. The van der Waals surface area contributed by atoms with Gasteiger partial charge in [-0.15, -0.1) is 13.2 Å². The van der Waals surface area contributed by atoms with Crippen LogP contribution in [-0.2, 0) is 10.0 Å². The summed E-state index contributed by atoms with van der Waals surface area (Å²) in [7, 11) is -0.827. The second kappa shape index (κ2) is 6.42. The third kappa shape index (κ3) is 4.66. The fourth-order valence-electron chi connectivity index (χ4n) is 1.40. The third-order valence-corrected chi connectivity index (χ3v) is 4.28. The predicted octanol–water partition coefficient (Wildman–Crippen LogP) is 1.43. The molecule has 0 amide bonds. The van der Waals surface area contributed by atoms with Gasteiger partial charge in [0.1, 0.15) is 5.75 Å². The van der Waals surface area contributed by atoms with E-state index in [2.05, 4.69) is 10.1 Å². The van der Waals surface area contributed by atoms with Crippen LogP contribution in [0.3, 0.4) is 0 Å². The molecule has 0 heterocycles. The van der Waals surface area contributed by atoms with E-state index in [9.17, 15) is 21.6 Å². The van der Waals surface area contributed by atoms with Crippen LogP contribution in [0.1, 0.15) is 0 Å². The molecule has 9 heteroatoms. The van der Waals surface area contributed by atoms with Crippen molar-refractivity contribution in [3.05, 3.63) is 24.3 Å². The molecule has 1 aromatic carbocycles. The number of likely N-dealkylation sites (N-methyl/N-ethyl adjacent to an activating group) is 2. The second-order valence-electron chi connectivity index (χ2n) is 3.95. The van der Waals surface area contributed by atoms with E-state index < -0.39 is 22.1 Å². The molecule has 0 atom stereocenters. The number of nitrogens with zero attached hydrogens (tertiary/aromatic N) is 1. The van der Waals surface area contributed by atoms with Gasteiger partial charge in [-0.3, -0.25) is 0 Å². The summed E-state index contributed by atoms with van der Waals surface area (Å²) in [4.78, 5) is -0.252. The molecule has 20 heavy (non-hydrogen) atoms. The number of sulfonamides is 1. The first kappa shape index (κ1) is 16.7. The van der Waals surface area contributed by atoms with E-state index in [4.69, 9.17) is 0 Å². The molecular weight excluding hydrogens is 297 g/mol. The van der Waals surface area contributed by atoms with E-state index in [0.717, 1.165) is 16.4 Å². The number of nitrogens with one attached hydrogen (secondary N) is 1. The Morgan fingerprint density at radius 3 is 2.55 bits per heavy atom. The molecular formula is C11H15F3N2O3S. The van der Waals surface area contributed by atoms with Crippen LogP contribution in [0.4, 0.5) is 13.2 Å². The Morgan fingerprint density at radius 1 is 1.35 bits per heavy atom. The van der Waals surface area contributed by atoms with Crippen molar-refractivity contribution in [3.8, 4) is 5.75 Å². The van der Waals surface area contributed by atoms with Crippen molar-refractivity contribution in [1.82, 2.24) is 9.62 Å². The normalized spacial score (nSPS) is 12.7. The van der Waals surface area contributed by atoms with Gasteiger partial charge >= 0.3 is 6.36 Å². The average molecular weight is 312 g/mol.